The van der Waals surface area contributed by atoms with Crippen molar-refractivity contribution in [3.8, 4) is 0 Å². The third kappa shape index (κ3) is 3.59. The predicted molar refractivity (Wildman–Crippen MR) is 80.8 cm³/mol. The number of aromatic nitrogens is 2. The molecule has 5 heteroatoms. The van der Waals surface area contributed by atoms with Crippen molar-refractivity contribution in [3.63, 3.8) is 0 Å². The van der Waals surface area contributed by atoms with Crippen LogP contribution in [0.4, 0.5) is 0 Å². The van der Waals surface area contributed by atoms with E-state index in [-0.39, 0.29) is 12.1 Å². The van der Waals surface area contributed by atoms with Gasteiger partial charge < -0.3 is 15.3 Å². The maximum absolute atomic E-state index is 10.1. The van der Waals surface area contributed by atoms with Gasteiger partial charge in [0, 0.05) is 37.4 Å². The van der Waals surface area contributed by atoms with Gasteiger partial charge in [0.1, 0.15) is 0 Å². The minimum Gasteiger partial charge on any atom is -0.390 e. The summed E-state index contributed by atoms with van der Waals surface area (Å²) in [5, 5.41) is 18.0. The first-order valence-electron chi connectivity index (χ1n) is 7.63. The molecule has 1 aliphatic heterocycles. The molecule has 0 amide bonds. The first-order chi connectivity index (χ1) is 9.49. The molecule has 1 aliphatic rings. The van der Waals surface area contributed by atoms with Crippen LogP contribution in [0, 0.1) is 13.8 Å². The smallest absolute Gasteiger partial charge is 0.0791 e. The van der Waals surface area contributed by atoms with Crippen molar-refractivity contribution < 1.29 is 5.11 Å². The Hall–Kier alpha value is -0.910. The number of hydrogen-bond donors (Lipinski definition) is 2. The van der Waals surface area contributed by atoms with Crippen molar-refractivity contribution in [2.75, 3.05) is 26.2 Å². The van der Waals surface area contributed by atoms with Crippen LogP contribution in [0.2, 0.25) is 0 Å². The highest BCUT2D eigenvalue weighted by atomic mass is 16.3. The normalized spacial score (nSPS) is 19.4. The number of rotatable bonds is 6. The second-order valence-electron chi connectivity index (χ2n) is 6.00. The number of aliphatic hydroxyl groups is 1. The molecule has 1 aromatic heterocycles. The van der Waals surface area contributed by atoms with Crippen molar-refractivity contribution in [1.29, 1.82) is 0 Å². The van der Waals surface area contributed by atoms with E-state index in [9.17, 15) is 5.11 Å². The zero-order valence-electron chi connectivity index (χ0n) is 13.2. The summed E-state index contributed by atoms with van der Waals surface area (Å²) in [6.07, 6.45) is 2.24. The molecule has 5 nitrogen and oxygen atoms in total. The lowest BCUT2D eigenvalue weighted by Gasteiger charge is -2.22. The Kier molecular flexibility index (Phi) is 5.18. The lowest BCUT2D eigenvalue weighted by Crippen LogP contribution is -2.38. The van der Waals surface area contributed by atoms with Gasteiger partial charge in [0.2, 0.25) is 0 Å². The summed E-state index contributed by atoms with van der Waals surface area (Å²) in [6.45, 7) is 9.95. The molecule has 0 aromatic carbocycles. The number of aliphatic hydroxyl groups excluding tert-OH is 1. The lowest BCUT2D eigenvalue weighted by molar-refractivity contribution is 0.121. The van der Waals surface area contributed by atoms with Crippen molar-refractivity contribution in [2.45, 2.75) is 45.8 Å². The molecule has 2 N–H and O–H groups in total. The van der Waals surface area contributed by atoms with Crippen LogP contribution >= 0.6 is 0 Å². The minimum absolute atomic E-state index is 0.219. The van der Waals surface area contributed by atoms with Crippen LogP contribution in [0.15, 0.2) is 0 Å². The maximum Gasteiger partial charge on any atom is 0.0791 e. The highest BCUT2D eigenvalue weighted by Crippen LogP contribution is 2.20. The summed E-state index contributed by atoms with van der Waals surface area (Å²) < 4.78 is 1.92. The summed E-state index contributed by atoms with van der Waals surface area (Å²) in [7, 11) is 1.97. The first-order valence-corrected chi connectivity index (χ1v) is 7.63. The molecule has 0 bridgehead atoms. The third-order valence-corrected chi connectivity index (χ3v) is 4.33. The van der Waals surface area contributed by atoms with E-state index < -0.39 is 0 Å². The summed E-state index contributed by atoms with van der Waals surface area (Å²) in [4.78, 5) is 2.34. The molecule has 2 heterocycles. The summed E-state index contributed by atoms with van der Waals surface area (Å²) in [5.41, 5.74) is 3.51. The zero-order chi connectivity index (χ0) is 14.7. The number of β-amino-alcohol motifs (C(OH)–C–C–N with tert-alkyl or cyclic N) is 1. The number of nitrogens with one attached hydrogen (secondary N) is 1. The van der Waals surface area contributed by atoms with Crippen molar-refractivity contribution in [2.24, 2.45) is 7.05 Å². The van der Waals surface area contributed by atoms with Crippen molar-refractivity contribution >= 4 is 0 Å². The standard InChI is InChI=1S/C15H28N4O/c1-11(15-12(2)17-18(4)13(15)3)16-9-14(20)10-19-7-5-6-8-19/h11,14,16,20H,5-10H2,1-4H3. The van der Waals surface area contributed by atoms with Crippen LogP contribution in [0.3, 0.4) is 0 Å². The molecular weight excluding hydrogens is 252 g/mol. The Morgan fingerprint density at radius 2 is 1.95 bits per heavy atom. The fourth-order valence-corrected chi connectivity index (χ4v) is 3.16. The summed E-state index contributed by atoms with van der Waals surface area (Å²) in [6, 6.07) is 0.219. The molecule has 0 spiro atoms. The van der Waals surface area contributed by atoms with E-state index in [1.807, 2.05) is 18.7 Å². The second kappa shape index (κ2) is 6.70. The van der Waals surface area contributed by atoms with E-state index in [1.54, 1.807) is 0 Å². The van der Waals surface area contributed by atoms with Crippen LogP contribution in [-0.4, -0.2) is 52.1 Å². The average molecular weight is 280 g/mol. The maximum atomic E-state index is 10.1. The Morgan fingerprint density at radius 3 is 2.50 bits per heavy atom. The average Bonchev–Trinajstić information content (AvgIpc) is 2.96. The molecule has 1 aromatic rings. The Morgan fingerprint density at radius 1 is 1.30 bits per heavy atom. The van der Waals surface area contributed by atoms with E-state index in [2.05, 4.69) is 29.2 Å². The number of hydrogen-bond acceptors (Lipinski definition) is 4. The SMILES string of the molecule is Cc1nn(C)c(C)c1C(C)NCC(O)CN1CCCC1. The number of nitrogens with zero attached hydrogens (tertiary/aromatic N) is 3. The molecule has 0 aliphatic carbocycles. The topological polar surface area (TPSA) is 53.3 Å². The van der Waals surface area contributed by atoms with Crippen LogP contribution in [-0.2, 0) is 7.05 Å². The quantitative estimate of drug-likeness (QED) is 0.820. The van der Waals surface area contributed by atoms with Gasteiger partial charge in [-0.1, -0.05) is 0 Å². The third-order valence-electron chi connectivity index (χ3n) is 4.33. The molecule has 114 valence electrons. The molecule has 2 rings (SSSR count). The Bertz CT molecular complexity index is 437. The fraction of sp³-hybridized carbons (Fsp3) is 0.800. The van der Waals surface area contributed by atoms with Gasteiger partial charge in [0.25, 0.3) is 0 Å². The van der Waals surface area contributed by atoms with Crippen molar-refractivity contribution in [3.05, 3.63) is 17.0 Å². The first kappa shape index (κ1) is 15.5. The Balaban J connectivity index is 1.83. The zero-order valence-corrected chi connectivity index (χ0v) is 13.2. The van der Waals surface area contributed by atoms with Gasteiger partial charge in [-0.2, -0.15) is 5.10 Å². The van der Waals surface area contributed by atoms with Crippen LogP contribution < -0.4 is 5.32 Å². The van der Waals surface area contributed by atoms with Gasteiger partial charge in [-0.25, -0.2) is 0 Å². The van der Waals surface area contributed by atoms with Gasteiger partial charge in [-0.05, 0) is 46.7 Å². The minimum atomic E-state index is -0.298. The molecular formula is C15H28N4O. The number of likely N-dealkylation sites (tertiary alicyclic amines) is 1. The van der Waals surface area contributed by atoms with E-state index in [0.717, 1.165) is 25.3 Å². The number of aryl methyl sites for hydroxylation is 2. The molecule has 20 heavy (non-hydrogen) atoms. The van der Waals surface area contributed by atoms with Gasteiger partial charge in [0.05, 0.1) is 11.8 Å². The van der Waals surface area contributed by atoms with Crippen molar-refractivity contribution in [1.82, 2.24) is 20.0 Å². The monoisotopic (exact) mass is 280 g/mol. The van der Waals surface area contributed by atoms with E-state index >= 15 is 0 Å². The second-order valence-corrected chi connectivity index (χ2v) is 6.00. The molecule has 1 fully saturated rings. The van der Waals surface area contributed by atoms with Gasteiger partial charge in [0.15, 0.2) is 0 Å². The molecule has 0 saturated carbocycles. The lowest BCUT2D eigenvalue weighted by atomic mass is 10.1. The van der Waals surface area contributed by atoms with Crippen LogP contribution in [0.5, 0.6) is 0 Å². The van der Waals surface area contributed by atoms with E-state index in [4.69, 9.17) is 0 Å². The van der Waals surface area contributed by atoms with E-state index in [0.29, 0.717) is 6.54 Å². The summed E-state index contributed by atoms with van der Waals surface area (Å²) >= 11 is 0. The fourth-order valence-electron chi connectivity index (χ4n) is 3.16. The van der Waals surface area contributed by atoms with Crippen LogP contribution in [0.25, 0.3) is 0 Å². The van der Waals surface area contributed by atoms with Gasteiger partial charge in [-0.15, -0.1) is 0 Å². The molecule has 2 unspecified atom stereocenters. The molecule has 2 atom stereocenters. The Labute approximate surface area is 122 Å². The highest BCUT2D eigenvalue weighted by molar-refractivity contribution is 5.27. The predicted octanol–water partition coefficient (Wildman–Crippen LogP) is 1.14. The molecule has 0 radical (unpaired) electrons. The van der Waals surface area contributed by atoms with E-state index in [1.165, 1.54) is 24.1 Å². The summed E-state index contributed by atoms with van der Waals surface area (Å²) in [5.74, 6) is 0. The molecule has 1 saturated heterocycles. The van der Waals surface area contributed by atoms with Gasteiger partial charge >= 0.3 is 0 Å². The van der Waals surface area contributed by atoms with Crippen LogP contribution in [0.1, 0.15) is 42.8 Å². The largest absolute Gasteiger partial charge is 0.390 e. The highest BCUT2D eigenvalue weighted by Gasteiger charge is 2.19. The van der Waals surface area contributed by atoms with Gasteiger partial charge in [-0.3, -0.25) is 4.68 Å².